The molecule has 6 atom stereocenters. The van der Waals surface area contributed by atoms with Crippen molar-refractivity contribution in [1.29, 1.82) is 0 Å². The topological polar surface area (TPSA) is 174 Å². The van der Waals surface area contributed by atoms with Gasteiger partial charge in [0, 0.05) is 39.1 Å². The number of carbonyl (C=O) groups excluding carboxylic acids is 5. The molecule has 0 aromatic carbocycles. The number of amides is 5. The number of fused-ring (bicyclic) bond motifs is 1. The first-order valence-electron chi connectivity index (χ1n) is 18.7. The Labute approximate surface area is 324 Å². The predicted octanol–water partition coefficient (Wildman–Crippen LogP) is 3.67. The molecule has 4 N–H and O–H groups in total. The van der Waals surface area contributed by atoms with Gasteiger partial charge in [-0.2, -0.15) is 4.31 Å². The highest BCUT2D eigenvalue weighted by atomic mass is 32.2. The van der Waals surface area contributed by atoms with E-state index in [1.165, 1.54) is 23.5 Å². The normalized spacial score (nSPS) is 23.2. The summed E-state index contributed by atoms with van der Waals surface area (Å²) in [5.74, 6) is -0.359. The lowest BCUT2D eigenvalue weighted by Gasteiger charge is -2.43. The van der Waals surface area contributed by atoms with Crippen LogP contribution >= 0.6 is 11.3 Å². The quantitative estimate of drug-likeness (QED) is 0.112. The molecule has 1 aromatic heterocycles. The number of urea groups is 1. The molecule has 2 saturated carbocycles. The molecule has 3 fully saturated rings. The van der Waals surface area contributed by atoms with E-state index in [-0.39, 0.29) is 47.4 Å². The van der Waals surface area contributed by atoms with Gasteiger partial charge in [0.1, 0.15) is 16.3 Å². The van der Waals surface area contributed by atoms with Crippen LogP contribution in [0.2, 0.25) is 0 Å². The third kappa shape index (κ3) is 9.37. The second-order valence-electron chi connectivity index (χ2n) is 17.0. The van der Waals surface area contributed by atoms with Gasteiger partial charge in [0.2, 0.25) is 17.6 Å². The molecule has 13 nitrogen and oxygen atoms in total. The Bertz CT molecular complexity index is 1720. The maximum Gasteiger partial charge on any atom is 0.315 e. The summed E-state index contributed by atoms with van der Waals surface area (Å²) in [5, 5.41) is 12.9. The number of likely N-dealkylation sites (tertiary alicyclic amines) is 1. The van der Waals surface area contributed by atoms with E-state index in [4.69, 9.17) is 6.42 Å². The van der Waals surface area contributed by atoms with Crippen LogP contribution in [0.5, 0.6) is 0 Å². The number of Topliss-reactive ketones (excluding diaryl/α,β-unsaturated/α-hetero) is 1. The Morgan fingerprint density at radius 3 is 2.35 bits per heavy atom. The fourth-order valence-electron chi connectivity index (χ4n) is 8.11. The zero-order valence-corrected chi connectivity index (χ0v) is 34.3. The highest BCUT2D eigenvalue weighted by molar-refractivity contribution is 7.91. The molecule has 0 bridgehead atoms. The van der Waals surface area contributed by atoms with Gasteiger partial charge in [-0.25, -0.2) is 13.2 Å². The molecule has 0 spiro atoms. The zero-order valence-electron chi connectivity index (χ0n) is 32.7. The summed E-state index contributed by atoms with van der Waals surface area (Å²) < 4.78 is 28.0. The molecule has 3 aliphatic rings. The summed E-state index contributed by atoms with van der Waals surface area (Å²) in [4.78, 5) is 70.4. The van der Waals surface area contributed by atoms with Crippen LogP contribution in [0.15, 0.2) is 34.4 Å². The van der Waals surface area contributed by atoms with Crippen LogP contribution in [0.3, 0.4) is 0 Å². The van der Waals surface area contributed by atoms with Gasteiger partial charge in [0.05, 0.1) is 6.04 Å². The van der Waals surface area contributed by atoms with Crippen molar-refractivity contribution in [1.82, 2.24) is 30.5 Å². The van der Waals surface area contributed by atoms with Gasteiger partial charge in [0.25, 0.3) is 15.9 Å². The van der Waals surface area contributed by atoms with E-state index in [2.05, 4.69) is 33.8 Å². The number of hydrogen-bond donors (Lipinski definition) is 4. The number of ketones is 1. The number of sulfonamides is 1. The van der Waals surface area contributed by atoms with Crippen LogP contribution in [0.4, 0.5) is 4.79 Å². The molecule has 1 aromatic rings. The Kier molecular flexibility index (Phi) is 13.5. The van der Waals surface area contributed by atoms with Gasteiger partial charge < -0.3 is 26.2 Å². The number of rotatable bonds is 16. The van der Waals surface area contributed by atoms with Crippen LogP contribution in [0.25, 0.3) is 0 Å². The van der Waals surface area contributed by atoms with E-state index in [1.54, 1.807) is 16.3 Å². The fraction of sp³-hybridized carbons (Fsp3) is 0.667. The molecule has 1 aliphatic heterocycles. The van der Waals surface area contributed by atoms with Crippen molar-refractivity contribution in [2.75, 3.05) is 26.7 Å². The van der Waals surface area contributed by atoms with Crippen LogP contribution in [-0.4, -0.2) is 98.0 Å². The molecule has 4 rings (SSSR count). The van der Waals surface area contributed by atoms with Gasteiger partial charge in [-0.15, -0.1) is 30.3 Å². The largest absolute Gasteiger partial charge is 0.346 e. The van der Waals surface area contributed by atoms with Crippen molar-refractivity contribution in [2.45, 2.75) is 115 Å². The van der Waals surface area contributed by atoms with Gasteiger partial charge >= 0.3 is 6.03 Å². The molecule has 0 radical (unpaired) electrons. The first-order valence-corrected chi connectivity index (χ1v) is 21.1. The van der Waals surface area contributed by atoms with Crippen molar-refractivity contribution in [3.8, 4) is 12.3 Å². The molecule has 1 saturated heterocycles. The highest BCUT2D eigenvalue weighted by Crippen LogP contribution is 2.65. The summed E-state index contributed by atoms with van der Waals surface area (Å²) >= 11 is 1.12. The summed E-state index contributed by atoms with van der Waals surface area (Å²) in [6.07, 6.45) is 11.2. The number of carbonyl (C=O) groups is 5. The van der Waals surface area contributed by atoms with E-state index in [0.717, 1.165) is 30.6 Å². The maximum absolute atomic E-state index is 14.9. The number of likely N-dealkylation sites (N-methyl/N-ethyl adjacent to an activating group) is 1. The number of nitrogens with one attached hydrogen (secondary N) is 4. The van der Waals surface area contributed by atoms with Crippen LogP contribution in [0.1, 0.15) is 86.5 Å². The van der Waals surface area contributed by atoms with Crippen LogP contribution < -0.4 is 21.3 Å². The van der Waals surface area contributed by atoms with E-state index < -0.39 is 74.6 Å². The summed E-state index contributed by atoms with van der Waals surface area (Å²) in [6, 6.07) is -1.16. The predicted molar refractivity (Wildman–Crippen MR) is 208 cm³/mol. The monoisotopic (exact) mass is 786 g/mol. The number of hydrogen-bond acceptors (Lipinski definition) is 8. The average Bonchev–Trinajstić information content (AvgIpc) is 3.57. The van der Waals surface area contributed by atoms with Gasteiger partial charge in [-0.3, -0.25) is 19.2 Å². The molecular formula is C39H58N6O7S2. The molecule has 54 heavy (non-hydrogen) atoms. The zero-order chi connectivity index (χ0) is 40.2. The Morgan fingerprint density at radius 2 is 1.78 bits per heavy atom. The lowest BCUT2D eigenvalue weighted by Crippen LogP contribution is -2.63. The second kappa shape index (κ2) is 17.0. The molecule has 298 valence electrons. The third-order valence-corrected chi connectivity index (χ3v) is 15.0. The number of thiophene rings is 1. The molecule has 5 amide bonds. The second-order valence-corrected chi connectivity index (χ2v) is 20.2. The van der Waals surface area contributed by atoms with E-state index in [1.807, 2.05) is 41.5 Å². The van der Waals surface area contributed by atoms with E-state index in [0.29, 0.717) is 19.4 Å². The lowest BCUT2D eigenvalue weighted by atomic mass is 9.70. The van der Waals surface area contributed by atoms with Crippen molar-refractivity contribution < 1.29 is 32.4 Å². The van der Waals surface area contributed by atoms with Gasteiger partial charge in [-0.1, -0.05) is 72.9 Å². The number of piperidine rings is 1. The third-order valence-electron chi connectivity index (χ3n) is 11.8. The van der Waals surface area contributed by atoms with Crippen molar-refractivity contribution in [2.24, 2.45) is 28.1 Å². The van der Waals surface area contributed by atoms with Crippen LogP contribution in [-0.2, 0) is 29.2 Å². The smallest absolute Gasteiger partial charge is 0.315 e. The van der Waals surface area contributed by atoms with Crippen molar-refractivity contribution in [3.63, 3.8) is 0 Å². The summed E-state index contributed by atoms with van der Waals surface area (Å²) in [6.45, 7) is 15.7. The number of nitrogens with zero attached hydrogens (tertiary/aromatic N) is 2. The fourth-order valence-corrected chi connectivity index (χ4v) is 10.5. The minimum atomic E-state index is -3.79. The van der Waals surface area contributed by atoms with Gasteiger partial charge in [-0.05, 0) is 58.8 Å². The molecule has 1 unspecified atom stereocenters. The SMILES string of the molecule is C#CCCC(NC(=O)[C@@H]1[C@@H]2[C@H](CN1C(=O)[C@@H](NC(=O)N[C@H](CN(C)S(=O)(=O)c1cccs1)C(C)(C)C)C1(C)CCCCC1)C2(C)C)C(=O)C(=O)NCC=C. The van der Waals surface area contributed by atoms with Crippen molar-refractivity contribution in [3.05, 3.63) is 30.2 Å². The highest BCUT2D eigenvalue weighted by Gasteiger charge is 2.70. The molecule has 15 heteroatoms. The minimum absolute atomic E-state index is 0.00891. The van der Waals surface area contributed by atoms with Crippen molar-refractivity contribution >= 4 is 50.9 Å². The van der Waals surface area contributed by atoms with Crippen LogP contribution in [0, 0.1) is 40.4 Å². The Hall–Kier alpha value is -3.74. The Balaban J connectivity index is 1.60. The first kappa shape index (κ1) is 43.0. The average molecular weight is 787 g/mol. The lowest BCUT2D eigenvalue weighted by molar-refractivity contribution is -0.146. The van der Waals surface area contributed by atoms with Gasteiger partial charge in [0.15, 0.2) is 0 Å². The standard InChI is InChI=1S/C39H58N6O7S2/c1-10-12-17-26(31(46)34(48)40-21-11-2)41-33(47)30-29-25(38(29,6)7)23-45(30)35(49)32(39(8)19-14-13-15-20-39)43-36(50)42-27(37(3,4)5)24-44(9)54(51,52)28-18-16-22-53-28/h1,11,16,18,22,25-27,29-30,32H,2,12-15,17,19-21,23-24H2,3-9H3,(H,40,48)(H,41,47)(H2,42,43,50)/t25-,26?,27+,29-,30-,32+/m0/s1. The minimum Gasteiger partial charge on any atom is -0.346 e. The summed E-state index contributed by atoms with van der Waals surface area (Å²) in [7, 11) is -2.31. The first-order chi connectivity index (χ1) is 25.2. The van der Waals surface area contributed by atoms with E-state index in [9.17, 15) is 32.4 Å². The van der Waals surface area contributed by atoms with E-state index >= 15 is 0 Å². The maximum atomic E-state index is 14.9. The summed E-state index contributed by atoms with van der Waals surface area (Å²) in [5.41, 5.74) is -1.43. The Morgan fingerprint density at radius 1 is 1.11 bits per heavy atom. The molecular weight excluding hydrogens is 729 g/mol. The number of terminal acetylenes is 1. The molecule has 2 aliphatic carbocycles. The molecule has 2 heterocycles.